The van der Waals surface area contributed by atoms with Gasteiger partial charge in [0.15, 0.2) is 0 Å². The Morgan fingerprint density at radius 1 is 0.958 bits per heavy atom. The van der Waals surface area contributed by atoms with Gasteiger partial charge < -0.3 is 20.2 Å². The molecule has 1 saturated carbocycles. The van der Waals surface area contributed by atoms with Gasteiger partial charge in [-0.3, -0.25) is 4.79 Å². The van der Waals surface area contributed by atoms with Gasteiger partial charge in [0.2, 0.25) is 5.91 Å². The van der Waals surface area contributed by atoms with Crippen molar-refractivity contribution in [3.05, 3.63) is 0 Å². The second-order valence-corrected chi connectivity index (χ2v) is 8.02. The predicted octanol–water partition coefficient (Wildman–Crippen LogP) is 1.72. The monoisotopic (exact) mass is 337 g/mol. The second-order valence-electron chi connectivity index (χ2n) is 8.02. The molecule has 2 N–H and O–H groups in total. The fraction of sp³-hybridized carbons (Fsp3) is 0.889. The zero-order chi connectivity index (χ0) is 17.2. The number of piperidine rings is 1. The molecule has 1 aliphatic carbocycles. The maximum atomic E-state index is 12.6. The van der Waals surface area contributed by atoms with E-state index in [1.54, 1.807) is 0 Å². The molecule has 0 bridgehead atoms. The molecule has 0 atom stereocenters. The summed E-state index contributed by atoms with van der Waals surface area (Å²) in [4.78, 5) is 28.9. The first-order valence-corrected chi connectivity index (χ1v) is 9.51. The first-order valence-electron chi connectivity index (χ1n) is 9.51. The summed E-state index contributed by atoms with van der Waals surface area (Å²) in [6, 6.07) is 0.152. The van der Waals surface area contributed by atoms with Gasteiger partial charge in [-0.25, -0.2) is 4.79 Å². The van der Waals surface area contributed by atoms with Crippen LogP contribution >= 0.6 is 0 Å². The summed E-state index contributed by atoms with van der Waals surface area (Å²) in [5.41, 5.74) is -0.182. The first-order chi connectivity index (χ1) is 11.5. The fourth-order valence-corrected chi connectivity index (χ4v) is 4.21. The minimum atomic E-state index is -0.213. The number of hydrogen-bond donors (Lipinski definition) is 2. The van der Waals surface area contributed by atoms with Crippen LogP contribution in [0.2, 0.25) is 0 Å². The second kappa shape index (κ2) is 7.30. The third-order valence-electron chi connectivity index (χ3n) is 6.00. The lowest BCUT2D eigenvalue weighted by Crippen LogP contribution is -2.53. The van der Waals surface area contributed by atoms with Gasteiger partial charge in [0.25, 0.3) is 0 Å². The van der Waals surface area contributed by atoms with Gasteiger partial charge in [-0.05, 0) is 58.3 Å². The third kappa shape index (κ3) is 4.02. The zero-order valence-electron chi connectivity index (χ0n) is 14.8. The van der Waals surface area contributed by atoms with E-state index >= 15 is 0 Å². The molecule has 3 amide bonds. The SMILES string of the molecule is CC1(NC(=O)C2CCN(C(=O)N3CCCC3)CC2)CCC(O)CC1. The highest BCUT2D eigenvalue weighted by atomic mass is 16.3. The Balaban J connectivity index is 1.45. The number of aliphatic hydroxyl groups is 1. The van der Waals surface area contributed by atoms with Crippen molar-refractivity contribution in [2.75, 3.05) is 26.2 Å². The van der Waals surface area contributed by atoms with Crippen LogP contribution in [0.1, 0.15) is 58.3 Å². The molecular weight excluding hydrogens is 306 g/mol. The minimum Gasteiger partial charge on any atom is -0.393 e. The summed E-state index contributed by atoms with van der Waals surface area (Å²) in [5.74, 6) is 0.137. The maximum Gasteiger partial charge on any atom is 0.319 e. The van der Waals surface area contributed by atoms with Crippen molar-refractivity contribution in [2.45, 2.75) is 69.9 Å². The quantitative estimate of drug-likeness (QED) is 0.806. The van der Waals surface area contributed by atoms with Crippen LogP contribution in [-0.2, 0) is 4.79 Å². The average molecular weight is 337 g/mol. The number of aliphatic hydroxyl groups excluding tert-OH is 1. The van der Waals surface area contributed by atoms with E-state index in [1.165, 1.54) is 0 Å². The first kappa shape index (κ1) is 17.5. The summed E-state index contributed by atoms with van der Waals surface area (Å²) in [7, 11) is 0. The minimum absolute atomic E-state index is 0.0105. The summed E-state index contributed by atoms with van der Waals surface area (Å²) in [5, 5.41) is 12.9. The maximum absolute atomic E-state index is 12.6. The highest BCUT2D eigenvalue weighted by molar-refractivity contribution is 5.80. The highest BCUT2D eigenvalue weighted by Crippen LogP contribution is 2.29. The number of nitrogens with one attached hydrogen (secondary N) is 1. The number of amides is 3. The van der Waals surface area contributed by atoms with Crippen molar-refractivity contribution < 1.29 is 14.7 Å². The van der Waals surface area contributed by atoms with Crippen LogP contribution in [0.5, 0.6) is 0 Å². The van der Waals surface area contributed by atoms with Gasteiger partial charge in [-0.1, -0.05) is 0 Å². The Bertz CT molecular complexity index is 460. The van der Waals surface area contributed by atoms with Crippen molar-refractivity contribution in [2.24, 2.45) is 5.92 Å². The van der Waals surface area contributed by atoms with Gasteiger partial charge in [-0.2, -0.15) is 0 Å². The highest BCUT2D eigenvalue weighted by Gasteiger charge is 2.35. The van der Waals surface area contributed by atoms with Crippen molar-refractivity contribution in [1.82, 2.24) is 15.1 Å². The number of nitrogens with zero attached hydrogens (tertiary/aromatic N) is 2. The van der Waals surface area contributed by atoms with Crippen LogP contribution < -0.4 is 5.32 Å². The molecule has 3 fully saturated rings. The van der Waals surface area contributed by atoms with Crippen LogP contribution in [-0.4, -0.2) is 64.7 Å². The Morgan fingerprint density at radius 3 is 2.08 bits per heavy atom. The van der Waals surface area contributed by atoms with E-state index in [4.69, 9.17) is 0 Å². The number of likely N-dealkylation sites (tertiary alicyclic amines) is 2. The van der Waals surface area contributed by atoms with Crippen LogP contribution in [0, 0.1) is 5.92 Å². The Hall–Kier alpha value is -1.30. The molecule has 0 aromatic heterocycles. The van der Waals surface area contributed by atoms with Gasteiger partial charge in [0, 0.05) is 37.6 Å². The molecular formula is C18H31N3O3. The summed E-state index contributed by atoms with van der Waals surface area (Å²) >= 11 is 0. The smallest absolute Gasteiger partial charge is 0.319 e. The number of carbonyl (C=O) groups excluding carboxylic acids is 2. The molecule has 3 aliphatic rings. The largest absolute Gasteiger partial charge is 0.393 e. The molecule has 0 unspecified atom stereocenters. The van der Waals surface area contributed by atoms with Crippen molar-refractivity contribution in [3.63, 3.8) is 0 Å². The van der Waals surface area contributed by atoms with E-state index in [1.807, 2.05) is 9.80 Å². The number of urea groups is 1. The molecule has 0 aromatic rings. The Labute approximate surface area is 144 Å². The summed E-state index contributed by atoms with van der Waals surface area (Å²) in [6.45, 7) is 5.21. The predicted molar refractivity (Wildman–Crippen MR) is 91.5 cm³/mol. The van der Waals surface area contributed by atoms with Crippen molar-refractivity contribution in [3.8, 4) is 0 Å². The zero-order valence-corrected chi connectivity index (χ0v) is 14.8. The van der Waals surface area contributed by atoms with Crippen molar-refractivity contribution in [1.29, 1.82) is 0 Å². The van der Waals surface area contributed by atoms with Crippen LogP contribution in [0.4, 0.5) is 4.79 Å². The molecule has 24 heavy (non-hydrogen) atoms. The van der Waals surface area contributed by atoms with E-state index in [0.29, 0.717) is 13.1 Å². The van der Waals surface area contributed by atoms with Crippen LogP contribution in [0.15, 0.2) is 0 Å². The molecule has 2 heterocycles. The van der Waals surface area contributed by atoms with Crippen LogP contribution in [0.25, 0.3) is 0 Å². The molecule has 0 aromatic carbocycles. The average Bonchev–Trinajstić information content (AvgIpc) is 3.12. The molecule has 0 radical (unpaired) electrons. The molecule has 6 heteroatoms. The van der Waals surface area contributed by atoms with Gasteiger partial charge in [0.05, 0.1) is 6.10 Å². The number of rotatable bonds is 2. The van der Waals surface area contributed by atoms with Crippen molar-refractivity contribution >= 4 is 11.9 Å². The molecule has 6 nitrogen and oxygen atoms in total. The number of hydrogen-bond acceptors (Lipinski definition) is 3. The standard InChI is InChI=1S/C18H31N3O3/c1-18(8-4-15(22)5-9-18)19-16(23)14-6-12-21(13-7-14)17(24)20-10-2-3-11-20/h14-15,22H,2-13H2,1H3,(H,19,23). The van der Waals surface area contributed by atoms with E-state index in [-0.39, 0.29) is 29.5 Å². The molecule has 2 aliphatic heterocycles. The molecule has 0 spiro atoms. The van der Waals surface area contributed by atoms with Crippen LogP contribution in [0.3, 0.4) is 0 Å². The molecule has 3 rings (SSSR count). The lowest BCUT2D eigenvalue weighted by Gasteiger charge is -2.39. The van der Waals surface area contributed by atoms with E-state index in [0.717, 1.165) is 64.5 Å². The lowest BCUT2D eigenvalue weighted by atomic mass is 9.81. The summed E-state index contributed by atoms with van der Waals surface area (Å²) < 4.78 is 0. The topological polar surface area (TPSA) is 72.9 Å². The Morgan fingerprint density at radius 2 is 1.50 bits per heavy atom. The van der Waals surface area contributed by atoms with E-state index in [2.05, 4.69) is 12.2 Å². The van der Waals surface area contributed by atoms with E-state index in [9.17, 15) is 14.7 Å². The van der Waals surface area contributed by atoms with Gasteiger partial charge in [-0.15, -0.1) is 0 Å². The molecule has 136 valence electrons. The third-order valence-corrected chi connectivity index (χ3v) is 6.00. The molecule has 2 saturated heterocycles. The van der Waals surface area contributed by atoms with Gasteiger partial charge >= 0.3 is 6.03 Å². The number of carbonyl (C=O) groups is 2. The van der Waals surface area contributed by atoms with E-state index < -0.39 is 0 Å². The lowest BCUT2D eigenvalue weighted by molar-refractivity contribution is -0.128. The Kier molecular flexibility index (Phi) is 5.33. The van der Waals surface area contributed by atoms with Gasteiger partial charge in [0.1, 0.15) is 0 Å². The summed E-state index contributed by atoms with van der Waals surface area (Å²) in [6.07, 6.45) is 6.72. The normalized spacial score (nSPS) is 32.0. The fourth-order valence-electron chi connectivity index (χ4n) is 4.21.